The molecule has 10 rings (SSSR count). The van der Waals surface area contributed by atoms with Crippen LogP contribution in [0.2, 0.25) is 10.0 Å². The number of hydrogen-bond acceptors (Lipinski definition) is 13. The van der Waals surface area contributed by atoms with Gasteiger partial charge in [-0.3, -0.25) is 19.4 Å². The summed E-state index contributed by atoms with van der Waals surface area (Å²) in [7, 11) is 0. The first-order chi connectivity index (χ1) is 32.9. The van der Waals surface area contributed by atoms with Crippen LogP contribution in [0.1, 0.15) is 106 Å². The quantitative estimate of drug-likeness (QED) is 0.120. The van der Waals surface area contributed by atoms with Gasteiger partial charge in [-0.15, -0.1) is 10.2 Å². The zero-order chi connectivity index (χ0) is 47.3. The Labute approximate surface area is 407 Å². The monoisotopic (exact) mass is 960 g/mol. The minimum absolute atomic E-state index is 0.0881. The van der Waals surface area contributed by atoms with Crippen LogP contribution in [0.3, 0.4) is 0 Å². The molecule has 0 spiro atoms. The van der Waals surface area contributed by atoms with Gasteiger partial charge in [-0.2, -0.15) is 0 Å². The number of ether oxygens (including phenoxy) is 1. The second-order valence-corrected chi connectivity index (χ2v) is 19.2. The van der Waals surface area contributed by atoms with Crippen molar-refractivity contribution >= 4 is 58.4 Å². The van der Waals surface area contributed by atoms with Crippen molar-refractivity contribution < 1.29 is 23.2 Å². The highest BCUT2D eigenvalue weighted by Crippen LogP contribution is 2.40. The van der Waals surface area contributed by atoms with E-state index in [1.807, 2.05) is 94.7 Å². The fourth-order valence-corrected chi connectivity index (χ4v) is 9.67. The molecule has 3 atom stereocenters. The highest BCUT2D eigenvalue weighted by molar-refractivity contribution is 6.31. The van der Waals surface area contributed by atoms with Gasteiger partial charge in [0.2, 0.25) is 11.8 Å². The first kappa shape index (κ1) is 47.2. The van der Waals surface area contributed by atoms with Crippen LogP contribution < -0.4 is 10.6 Å². The molecule has 68 heavy (non-hydrogen) atoms. The van der Waals surface area contributed by atoms with Crippen molar-refractivity contribution in [3.05, 3.63) is 140 Å². The van der Waals surface area contributed by atoms with E-state index in [0.29, 0.717) is 52.9 Å². The van der Waals surface area contributed by atoms with Crippen LogP contribution in [0, 0.1) is 13.8 Å². The van der Waals surface area contributed by atoms with E-state index in [1.54, 1.807) is 0 Å². The molecular weight excluding hydrogens is 904 g/mol. The van der Waals surface area contributed by atoms with Crippen molar-refractivity contribution in [2.45, 2.75) is 90.6 Å². The van der Waals surface area contributed by atoms with Crippen LogP contribution in [0.5, 0.6) is 0 Å². The molecular formula is C51H58Cl2N10O5. The summed E-state index contributed by atoms with van der Waals surface area (Å²) < 4.78 is 17.2. The highest BCUT2D eigenvalue weighted by Gasteiger charge is 2.32. The molecule has 6 aromatic rings. The third-order valence-electron chi connectivity index (χ3n) is 13.2. The number of nitrogens with one attached hydrogen (secondary N) is 2. The molecule has 1 unspecified atom stereocenters. The topological polar surface area (TPSA) is 158 Å². The predicted octanol–water partition coefficient (Wildman–Crippen LogP) is 9.97. The molecule has 2 aromatic heterocycles. The molecule has 4 aromatic carbocycles. The SMILES string of the molecule is Cc1c(CN2CCN(C(=O)c3ccccc3)[C@@H](C)C2)cc(Cl)cc1Nc1nnc(C2CC2)o1.Cc1c(CN2CCN(C(=O)c3ccccc3)[C@@H](C)C2)cc(Cl)cc1Nc1nnc(C2CCCO2)o1. The van der Waals surface area contributed by atoms with Crippen LogP contribution >= 0.6 is 23.2 Å². The number of nitrogens with zero attached hydrogens (tertiary/aromatic N) is 8. The van der Waals surface area contributed by atoms with Gasteiger partial charge in [0.05, 0.1) is 0 Å². The molecule has 2 amide bonds. The molecule has 3 aliphatic heterocycles. The molecule has 2 N–H and O–H groups in total. The van der Waals surface area contributed by atoms with Gasteiger partial charge >= 0.3 is 12.0 Å². The van der Waals surface area contributed by atoms with E-state index >= 15 is 0 Å². The number of benzene rings is 4. The number of carbonyl (C=O) groups is 2. The van der Waals surface area contributed by atoms with Crippen LogP contribution in [0.4, 0.5) is 23.4 Å². The van der Waals surface area contributed by atoms with Gasteiger partial charge in [-0.25, -0.2) is 0 Å². The van der Waals surface area contributed by atoms with Crippen LogP contribution in [-0.4, -0.2) is 110 Å². The number of amides is 2. The fourth-order valence-electron chi connectivity index (χ4n) is 9.19. The Balaban J connectivity index is 0.000000170. The van der Waals surface area contributed by atoms with Crippen LogP contribution in [0.15, 0.2) is 93.8 Å². The molecule has 17 heteroatoms. The third-order valence-corrected chi connectivity index (χ3v) is 13.7. The summed E-state index contributed by atoms with van der Waals surface area (Å²) in [5.41, 5.74) is 7.61. The van der Waals surface area contributed by atoms with E-state index in [9.17, 15) is 9.59 Å². The third kappa shape index (κ3) is 11.4. The minimum atomic E-state index is -0.122. The van der Waals surface area contributed by atoms with Gasteiger partial charge in [0.25, 0.3) is 11.8 Å². The standard InChI is InChI=1S/C26H30ClN5O3.C25H28ClN5O2/c1-17-15-31(10-11-32(17)25(33)19-7-4-3-5-8-19)16-20-13-21(27)14-22(18(20)2)28-26-30-29-24(35-26)23-9-6-12-34-23;1-16-14-30(10-11-31(16)24(32)19-6-4-3-5-7-19)15-20-12-21(26)13-22(17(20)2)27-25-29-28-23(33-25)18-8-9-18/h3-5,7-8,13-14,17,23H,6,9-12,15-16H2,1-2H3,(H,28,30);3-7,12-13,16,18H,8-11,14-15H2,1-2H3,(H,27,29)/t17-,23?;16-/m00/s1. The Morgan fingerprint density at radius 1 is 0.632 bits per heavy atom. The van der Waals surface area contributed by atoms with Crippen molar-refractivity contribution in [2.24, 2.45) is 0 Å². The van der Waals surface area contributed by atoms with Crippen molar-refractivity contribution in [2.75, 3.05) is 56.5 Å². The maximum Gasteiger partial charge on any atom is 0.320 e. The number of piperazine rings is 2. The number of halogens is 2. The summed E-state index contributed by atoms with van der Waals surface area (Å²) in [5.74, 6) is 1.80. The van der Waals surface area contributed by atoms with Gasteiger partial charge in [-0.1, -0.05) is 69.8 Å². The molecule has 4 aliphatic rings. The zero-order valence-electron chi connectivity index (χ0n) is 39.0. The van der Waals surface area contributed by atoms with Crippen LogP contribution in [-0.2, 0) is 17.8 Å². The van der Waals surface area contributed by atoms with Crippen molar-refractivity contribution in [3.8, 4) is 0 Å². The number of hydrogen-bond donors (Lipinski definition) is 2. The van der Waals surface area contributed by atoms with E-state index in [4.69, 9.17) is 36.8 Å². The Hall–Kier alpha value is -5.84. The highest BCUT2D eigenvalue weighted by atomic mass is 35.5. The summed E-state index contributed by atoms with van der Waals surface area (Å²) in [5, 5.41) is 24.3. The van der Waals surface area contributed by atoms with Gasteiger partial charge in [0, 0.05) is 110 Å². The van der Waals surface area contributed by atoms with E-state index in [0.717, 1.165) is 116 Å². The normalized spacial score (nSPS) is 19.9. The lowest BCUT2D eigenvalue weighted by molar-refractivity contribution is 0.0468. The van der Waals surface area contributed by atoms with Crippen LogP contribution in [0.25, 0.3) is 0 Å². The zero-order valence-corrected chi connectivity index (χ0v) is 40.5. The Morgan fingerprint density at radius 2 is 1.10 bits per heavy atom. The van der Waals surface area contributed by atoms with Crippen molar-refractivity contribution in [3.63, 3.8) is 0 Å². The first-order valence-corrected chi connectivity index (χ1v) is 24.3. The van der Waals surface area contributed by atoms with Gasteiger partial charge in [0.15, 0.2) is 0 Å². The molecule has 5 heterocycles. The van der Waals surface area contributed by atoms with Gasteiger partial charge in [-0.05, 0) is 124 Å². The molecule has 4 fully saturated rings. The number of carbonyl (C=O) groups excluding carboxylic acids is 2. The summed E-state index contributed by atoms with van der Waals surface area (Å²) in [6, 6.07) is 27.7. The summed E-state index contributed by atoms with van der Waals surface area (Å²) in [6.07, 6.45) is 4.00. The van der Waals surface area contributed by atoms with Gasteiger partial charge < -0.3 is 34.0 Å². The maximum absolute atomic E-state index is 12.9. The lowest BCUT2D eigenvalue weighted by atomic mass is 10.0. The van der Waals surface area contributed by atoms with E-state index in [1.165, 1.54) is 0 Å². The molecule has 1 aliphatic carbocycles. The van der Waals surface area contributed by atoms with Gasteiger partial charge in [0.1, 0.15) is 6.10 Å². The van der Waals surface area contributed by atoms with Crippen molar-refractivity contribution in [1.82, 2.24) is 40.0 Å². The smallest absolute Gasteiger partial charge is 0.320 e. The average Bonchev–Trinajstić information content (AvgIpc) is 3.63. The molecule has 356 valence electrons. The number of aromatic nitrogens is 4. The lowest BCUT2D eigenvalue weighted by Gasteiger charge is -2.40. The van der Waals surface area contributed by atoms with E-state index < -0.39 is 0 Å². The Bertz CT molecular complexity index is 2690. The maximum atomic E-state index is 12.9. The van der Waals surface area contributed by atoms with E-state index in [-0.39, 0.29) is 30.0 Å². The minimum Gasteiger partial charge on any atom is -0.408 e. The average molecular weight is 962 g/mol. The number of rotatable bonds is 12. The summed E-state index contributed by atoms with van der Waals surface area (Å²) in [6.45, 7) is 15.2. The largest absolute Gasteiger partial charge is 0.408 e. The summed E-state index contributed by atoms with van der Waals surface area (Å²) >= 11 is 12.9. The Morgan fingerprint density at radius 3 is 1.54 bits per heavy atom. The Kier molecular flexibility index (Phi) is 14.7. The first-order valence-electron chi connectivity index (χ1n) is 23.5. The predicted molar refractivity (Wildman–Crippen MR) is 262 cm³/mol. The molecule has 15 nitrogen and oxygen atoms in total. The molecule has 1 saturated carbocycles. The molecule has 0 radical (unpaired) electrons. The van der Waals surface area contributed by atoms with Crippen molar-refractivity contribution in [1.29, 1.82) is 0 Å². The lowest BCUT2D eigenvalue weighted by Crippen LogP contribution is -2.53. The second-order valence-electron chi connectivity index (χ2n) is 18.3. The second kappa shape index (κ2) is 21.2. The summed E-state index contributed by atoms with van der Waals surface area (Å²) in [4.78, 5) is 34.5. The molecule has 0 bridgehead atoms. The fraction of sp³-hybridized carbons (Fsp3) is 0.412. The number of anilines is 4. The molecule has 3 saturated heterocycles. The van der Waals surface area contributed by atoms with E-state index in [2.05, 4.69) is 68.5 Å².